The summed E-state index contributed by atoms with van der Waals surface area (Å²) in [5.74, 6) is 1.34. The number of nitrogens with zero attached hydrogens (tertiary/aromatic N) is 7. The molecule has 5 rings (SSSR count). The van der Waals surface area contributed by atoms with Crippen LogP contribution >= 0.6 is 11.6 Å². The van der Waals surface area contributed by atoms with Crippen LogP contribution in [-0.4, -0.2) is 34.3 Å². The van der Waals surface area contributed by atoms with E-state index in [9.17, 15) is 9.59 Å². The highest BCUT2D eigenvalue weighted by atomic mass is 35.5. The second-order valence-corrected chi connectivity index (χ2v) is 9.44. The van der Waals surface area contributed by atoms with Crippen LogP contribution in [0.1, 0.15) is 24.1 Å². The lowest BCUT2D eigenvalue weighted by molar-refractivity contribution is 0.362. The van der Waals surface area contributed by atoms with Gasteiger partial charge in [0.25, 0.3) is 5.56 Å². The summed E-state index contributed by atoms with van der Waals surface area (Å²) in [6, 6.07) is 19.4. The van der Waals surface area contributed by atoms with E-state index in [1.54, 1.807) is 36.4 Å². The zero-order valence-electron chi connectivity index (χ0n) is 21.2. The summed E-state index contributed by atoms with van der Waals surface area (Å²) in [4.78, 5) is 32.2. The molecule has 198 valence electrons. The predicted molar refractivity (Wildman–Crippen MR) is 147 cm³/mol. The van der Waals surface area contributed by atoms with E-state index in [2.05, 4.69) is 25.7 Å². The molecule has 0 bridgehead atoms. The van der Waals surface area contributed by atoms with Crippen molar-refractivity contribution in [3.8, 4) is 11.6 Å². The van der Waals surface area contributed by atoms with E-state index in [0.29, 0.717) is 28.2 Å². The quantitative estimate of drug-likeness (QED) is 0.293. The van der Waals surface area contributed by atoms with Crippen molar-refractivity contribution in [2.24, 2.45) is 0 Å². The summed E-state index contributed by atoms with van der Waals surface area (Å²) >= 11 is 5.88. The molecule has 0 amide bonds. The number of anilines is 2. The van der Waals surface area contributed by atoms with Crippen LogP contribution in [0.3, 0.4) is 0 Å². The Morgan fingerprint density at radius 2 is 1.77 bits per heavy atom. The lowest BCUT2D eigenvalue weighted by atomic mass is 10.1. The number of pyridine rings is 1. The maximum absolute atomic E-state index is 13.6. The molecular formula is C27H25ClN8O3. The van der Waals surface area contributed by atoms with Gasteiger partial charge in [-0.05, 0) is 55.0 Å². The maximum Gasteiger partial charge on any atom is 0.332 e. The van der Waals surface area contributed by atoms with Gasteiger partial charge in [-0.2, -0.15) is 4.80 Å². The van der Waals surface area contributed by atoms with E-state index in [-0.39, 0.29) is 19.1 Å². The number of rotatable bonds is 9. The van der Waals surface area contributed by atoms with Crippen LogP contribution in [0.25, 0.3) is 0 Å². The van der Waals surface area contributed by atoms with Crippen molar-refractivity contribution in [1.82, 2.24) is 34.3 Å². The minimum absolute atomic E-state index is 0.0903. The molecule has 3 aromatic heterocycles. The molecule has 0 aliphatic rings. The fourth-order valence-corrected chi connectivity index (χ4v) is 4.04. The maximum atomic E-state index is 13.6. The molecule has 1 atom stereocenters. The number of benzene rings is 2. The number of ether oxygens (including phenoxy) is 1. The van der Waals surface area contributed by atoms with Crippen LogP contribution in [0.2, 0.25) is 5.02 Å². The Morgan fingerprint density at radius 3 is 2.44 bits per heavy atom. The normalized spacial score (nSPS) is 11.8. The first-order chi connectivity index (χ1) is 18.9. The highest BCUT2D eigenvalue weighted by Gasteiger charge is 2.16. The van der Waals surface area contributed by atoms with Crippen LogP contribution < -0.4 is 21.3 Å². The van der Waals surface area contributed by atoms with E-state index < -0.39 is 11.2 Å². The van der Waals surface area contributed by atoms with E-state index >= 15 is 0 Å². The second-order valence-electron chi connectivity index (χ2n) is 9.00. The van der Waals surface area contributed by atoms with E-state index in [0.717, 1.165) is 11.1 Å². The lowest BCUT2D eigenvalue weighted by Crippen LogP contribution is -2.42. The third kappa shape index (κ3) is 6.21. The zero-order chi connectivity index (χ0) is 27.4. The first kappa shape index (κ1) is 25.9. The molecule has 0 fully saturated rings. The lowest BCUT2D eigenvalue weighted by Gasteiger charge is -2.18. The Morgan fingerprint density at radius 1 is 1.00 bits per heavy atom. The van der Waals surface area contributed by atoms with Crippen LogP contribution in [0.15, 0.2) is 88.8 Å². The number of hydrogen-bond donors (Lipinski definition) is 1. The van der Waals surface area contributed by atoms with Crippen LogP contribution in [0.5, 0.6) is 11.6 Å². The molecule has 3 heterocycles. The zero-order valence-corrected chi connectivity index (χ0v) is 22.0. The van der Waals surface area contributed by atoms with Gasteiger partial charge < -0.3 is 10.1 Å². The SMILES string of the molecule is Cc1ccc(Cn2c(Nc3ccc(Oc4ccc(Cl)cn4)cc3)cc(=O)n(C[C@H](C)n3ncnn3)c2=O)cc1. The third-order valence-electron chi connectivity index (χ3n) is 6.00. The smallest absolute Gasteiger partial charge is 0.332 e. The Labute approximate surface area is 228 Å². The molecule has 0 saturated carbocycles. The van der Waals surface area contributed by atoms with Crippen molar-refractivity contribution < 1.29 is 4.74 Å². The van der Waals surface area contributed by atoms with Crippen molar-refractivity contribution in [1.29, 1.82) is 0 Å². The van der Waals surface area contributed by atoms with E-state index in [4.69, 9.17) is 16.3 Å². The average molecular weight is 545 g/mol. The molecule has 0 unspecified atom stereocenters. The fraction of sp³-hybridized carbons (Fsp3) is 0.185. The van der Waals surface area contributed by atoms with Gasteiger partial charge in [-0.25, -0.2) is 9.78 Å². The third-order valence-corrected chi connectivity index (χ3v) is 6.22. The largest absolute Gasteiger partial charge is 0.439 e. The highest BCUT2D eigenvalue weighted by Crippen LogP contribution is 2.24. The van der Waals surface area contributed by atoms with Crippen LogP contribution in [0, 0.1) is 6.92 Å². The Bertz CT molecular complexity index is 1660. The summed E-state index contributed by atoms with van der Waals surface area (Å²) in [5, 5.41) is 15.3. The van der Waals surface area contributed by atoms with E-state index in [1.165, 1.54) is 32.5 Å². The van der Waals surface area contributed by atoms with Gasteiger partial charge >= 0.3 is 5.69 Å². The number of aromatic nitrogens is 7. The highest BCUT2D eigenvalue weighted by molar-refractivity contribution is 6.30. The van der Waals surface area contributed by atoms with Gasteiger partial charge in [0.1, 0.15) is 11.6 Å². The Kier molecular flexibility index (Phi) is 7.50. The van der Waals surface area contributed by atoms with Gasteiger partial charge in [-0.1, -0.05) is 41.4 Å². The van der Waals surface area contributed by atoms with Crippen molar-refractivity contribution >= 4 is 23.1 Å². The summed E-state index contributed by atoms with van der Waals surface area (Å²) in [6.45, 7) is 4.17. The van der Waals surface area contributed by atoms with Crippen molar-refractivity contribution in [2.75, 3.05) is 5.32 Å². The molecule has 0 spiro atoms. The number of aryl methyl sites for hydroxylation is 1. The van der Waals surface area contributed by atoms with E-state index in [1.807, 2.05) is 38.1 Å². The van der Waals surface area contributed by atoms with Crippen molar-refractivity contribution in [2.45, 2.75) is 33.0 Å². The first-order valence-electron chi connectivity index (χ1n) is 12.1. The van der Waals surface area contributed by atoms with Crippen LogP contribution in [-0.2, 0) is 13.1 Å². The van der Waals surface area contributed by atoms with Crippen molar-refractivity contribution in [3.63, 3.8) is 0 Å². The molecule has 0 radical (unpaired) electrons. The fourth-order valence-electron chi connectivity index (χ4n) is 3.93. The molecule has 11 nitrogen and oxygen atoms in total. The predicted octanol–water partition coefficient (Wildman–Crippen LogP) is 4.20. The monoisotopic (exact) mass is 544 g/mol. The Hall–Kier alpha value is -4.77. The topological polar surface area (TPSA) is 122 Å². The van der Waals surface area contributed by atoms with Gasteiger partial charge in [0.15, 0.2) is 6.33 Å². The van der Waals surface area contributed by atoms with Gasteiger partial charge in [0.05, 0.1) is 24.2 Å². The molecule has 2 aromatic carbocycles. The molecule has 12 heteroatoms. The standard InChI is InChI=1S/C27H25ClN8O3/c1-18-3-5-20(6-4-18)16-34-24(13-26(37)35(27(34)38)15-19(2)36-31-17-30-33-36)32-22-8-10-23(11-9-22)39-25-12-7-21(28)14-29-25/h3-14,17,19,32H,15-16H2,1-2H3/t19-/m0/s1. The van der Waals surface area contributed by atoms with Gasteiger partial charge in [-0.3, -0.25) is 13.9 Å². The van der Waals surface area contributed by atoms with Crippen LogP contribution in [0.4, 0.5) is 11.5 Å². The molecule has 0 aliphatic heterocycles. The molecule has 0 saturated heterocycles. The summed E-state index contributed by atoms with van der Waals surface area (Å²) in [5.41, 5.74) is 1.80. The number of nitrogens with one attached hydrogen (secondary N) is 1. The second kappa shape index (κ2) is 11.3. The van der Waals surface area contributed by atoms with Gasteiger partial charge in [-0.15, -0.1) is 10.2 Å². The van der Waals surface area contributed by atoms with Crippen molar-refractivity contribution in [3.05, 3.63) is 116 Å². The minimum atomic E-state index is -0.452. The minimum Gasteiger partial charge on any atom is -0.439 e. The summed E-state index contributed by atoms with van der Waals surface area (Å²) < 4.78 is 8.47. The molecule has 1 N–H and O–H groups in total. The molecule has 0 aliphatic carbocycles. The summed E-state index contributed by atoms with van der Waals surface area (Å²) in [7, 11) is 0. The van der Waals surface area contributed by atoms with Gasteiger partial charge in [0.2, 0.25) is 5.88 Å². The Balaban J connectivity index is 1.44. The first-order valence-corrected chi connectivity index (χ1v) is 12.5. The summed E-state index contributed by atoms with van der Waals surface area (Å²) in [6.07, 6.45) is 2.82. The number of hydrogen-bond acceptors (Lipinski definition) is 8. The molecular weight excluding hydrogens is 520 g/mol. The average Bonchev–Trinajstić information content (AvgIpc) is 3.48. The molecule has 5 aromatic rings. The molecule has 39 heavy (non-hydrogen) atoms. The number of tetrazole rings is 1. The van der Waals surface area contributed by atoms with Gasteiger partial charge in [0, 0.05) is 24.0 Å². The number of halogens is 1.